The lowest BCUT2D eigenvalue weighted by molar-refractivity contribution is -0.143. The van der Waals surface area contributed by atoms with Crippen LogP contribution in [0.15, 0.2) is 47.4 Å². The molecule has 2 amide bonds. The van der Waals surface area contributed by atoms with Gasteiger partial charge in [-0.15, -0.1) is 0 Å². The molecule has 1 saturated heterocycles. The molecule has 29 heavy (non-hydrogen) atoms. The minimum Gasteiger partial charge on any atom is -0.480 e. The fourth-order valence-corrected chi connectivity index (χ4v) is 3.92. The molecule has 1 aromatic rings. The Morgan fingerprint density at radius 3 is 2.62 bits per heavy atom. The van der Waals surface area contributed by atoms with Crippen molar-refractivity contribution in [3.63, 3.8) is 0 Å². The fourth-order valence-electron chi connectivity index (χ4n) is 2.66. The lowest BCUT2D eigenvalue weighted by Gasteiger charge is -2.21. The average molecular weight is 433 g/mol. The number of nitrogens with zero attached hydrogens (tertiary/aromatic N) is 1. The Morgan fingerprint density at radius 2 is 2.00 bits per heavy atom. The number of carbonyl (C=O) groups excluding carboxylic acids is 2. The van der Waals surface area contributed by atoms with Crippen LogP contribution in [-0.2, 0) is 14.4 Å². The van der Waals surface area contributed by atoms with Gasteiger partial charge in [-0.1, -0.05) is 86.7 Å². The normalized spacial score (nSPS) is 17.7. The number of nitrogens with one attached hydrogen (secondary N) is 1. The molecule has 0 unspecified atom stereocenters. The van der Waals surface area contributed by atoms with Crippen LogP contribution >= 0.6 is 24.0 Å². The van der Waals surface area contributed by atoms with Crippen molar-refractivity contribution in [3.05, 3.63) is 53.0 Å². The molecule has 154 valence electrons. The molecule has 0 saturated carbocycles. The van der Waals surface area contributed by atoms with Gasteiger partial charge in [0.2, 0.25) is 5.91 Å². The Hall–Kier alpha value is -2.45. The minimum absolute atomic E-state index is 0.0141. The second kappa shape index (κ2) is 10.9. The minimum atomic E-state index is -1.06. The summed E-state index contributed by atoms with van der Waals surface area (Å²) < 4.78 is 0.388. The van der Waals surface area contributed by atoms with Gasteiger partial charge >= 0.3 is 5.97 Å². The van der Waals surface area contributed by atoms with E-state index in [2.05, 4.69) is 5.32 Å². The molecule has 1 heterocycles. The molecule has 6 nitrogen and oxygen atoms in total. The summed E-state index contributed by atoms with van der Waals surface area (Å²) >= 11 is 6.45. The van der Waals surface area contributed by atoms with Crippen molar-refractivity contribution in [1.29, 1.82) is 0 Å². The second-order valence-electron chi connectivity index (χ2n) is 6.64. The summed E-state index contributed by atoms with van der Waals surface area (Å²) in [7, 11) is 0. The Bertz CT molecular complexity index is 836. The number of aliphatic carboxylic acids is 1. The van der Waals surface area contributed by atoms with Crippen LogP contribution in [-0.4, -0.2) is 44.7 Å². The number of hydrogen-bond acceptors (Lipinski definition) is 5. The Kier molecular flexibility index (Phi) is 8.60. The standard InChI is InChI=1S/C21H24N2O4S2/c1-3-14(2)18(20(26)27)22-17(24)12-13-23-19(25)16(29-21(23)28)11-7-10-15-8-5-4-6-9-15/h4-11,14,18H,3,12-13H2,1-2H3,(H,22,24)(H,26,27)/b10-7+,16-11+/t14-,18+/m0/s1. The number of rotatable bonds is 9. The first-order chi connectivity index (χ1) is 13.8. The zero-order valence-electron chi connectivity index (χ0n) is 16.3. The van der Waals surface area contributed by atoms with Gasteiger partial charge < -0.3 is 10.4 Å². The summed E-state index contributed by atoms with van der Waals surface area (Å²) in [6.07, 6.45) is 6.00. The summed E-state index contributed by atoms with van der Waals surface area (Å²) in [5.74, 6) is -1.92. The van der Waals surface area contributed by atoms with Gasteiger partial charge in [-0.3, -0.25) is 14.5 Å². The topological polar surface area (TPSA) is 86.7 Å². The van der Waals surface area contributed by atoms with Gasteiger partial charge in [0.25, 0.3) is 5.91 Å². The summed E-state index contributed by atoms with van der Waals surface area (Å²) in [6, 6.07) is 8.76. The van der Waals surface area contributed by atoms with Crippen molar-refractivity contribution >= 4 is 52.2 Å². The zero-order valence-corrected chi connectivity index (χ0v) is 18.0. The molecule has 0 radical (unpaired) electrons. The smallest absolute Gasteiger partial charge is 0.326 e. The molecular formula is C21H24N2O4S2. The van der Waals surface area contributed by atoms with Crippen molar-refractivity contribution in [2.45, 2.75) is 32.7 Å². The van der Waals surface area contributed by atoms with Gasteiger partial charge in [-0.2, -0.15) is 0 Å². The largest absolute Gasteiger partial charge is 0.480 e. The molecule has 8 heteroatoms. The molecule has 1 fully saturated rings. The monoisotopic (exact) mass is 432 g/mol. The van der Waals surface area contributed by atoms with E-state index in [1.54, 1.807) is 19.1 Å². The van der Waals surface area contributed by atoms with E-state index in [4.69, 9.17) is 12.2 Å². The highest BCUT2D eigenvalue weighted by Gasteiger charge is 2.32. The first-order valence-electron chi connectivity index (χ1n) is 9.32. The van der Waals surface area contributed by atoms with Crippen molar-refractivity contribution in [2.75, 3.05) is 6.54 Å². The lowest BCUT2D eigenvalue weighted by atomic mass is 9.99. The van der Waals surface area contributed by atoms with Crippen LogP contribution in [0, 0.1) is 5.92 Å². The quantitative estimate of drug-likeness (QED) is 0.459. The summed E-state index contributed by atoms with van der Waals surface area (Å²) in [5, 5.41) is 11.8. The van der Waals surface area contributed by atoms with Crippen LogP contribution in [0.25, 0.3) is 6.08 Å². The van der Waals surface area contributed by atoms with Gasteiger partial charge in [-0.05, 0) is 17.6 Å². The van der Waals surface area contributed by atoms with Crippen molar-refractivity contribution in [3.8, 4) is 0 Å². The summed E-state index contributed by atoms with van der Waals surface area (Å²) in [6.45, 7) is 3.75. The third kappa shape index (κ3) is 6.54. The van der Waals surface area contributed by atoms with Crippen LogP contribution < -0.4 is 5.32 Å². The molecule has 2 atom stereocenters. The van der Waals surface area contributed by atoms with E-state index in [1.165, 1.54) is 16.7 Å². The molecule has 2 N–H and O–H groups in total. The highest BCUT2D eigenvalue weighted by Crippen LogP contribution is 2.31. The maximum Gasteiger partial charge on any atom is 0.326 e. The Morgan fingerprint density at radius 1 is 1.31 bits per heavy atom. The third-order valence-corrected chi connectivity index (χ3v) is 5.96. The molecule has 0 spiro atoms. The number of benzene rings is 1. The number of carboxylic acid groups (broad SMARTS) is 1. The molecule has 2 rings (SSSR count). The maximum atomic E-state index is 12.5. The second-order valence-corrected chi connectivity index (χ2v) is 8.32. The first kappa shape index (κ1) is 22.8. The first-order valence-corrected chi connectivity index (χ1v) is 10.5. The van der Waals surface area contributed by atoms with Gasteiger partial charge in [-0.25, -0.2) is 4.79 Å². The predicted molar refractivity (Wildman–Crippen MR) is 119 cm³/mol. The predicted octanol–water partition coefficient (Wildman–Crippen LogP) is 3.45. The van der Waals surface area contributed by atoms with Crippen molar-refractivity contribution < 1.29 is 19.5 Å². The number of hydrogen-bond donors (Lipinski definition) is 2. The molecular weight excluding hydrogens is 408 g/mol. The zero-order chi connectivity index (χ0) is 21.4. The summed E-state index contributed by atoms with van der Waals surface area (Å²) in [4.78, 5) is 37.9. The number of carbonyl (C=O) groups is 3. The molecule has 0 aromatic heterocycles. The lowest BCUT2D eigenvalue weighted by Crippen LogP contribution is -2.46. The van der Waals surface area contributed by atoms with Crippen LogP contribution in [0.1, 0.15) is 32.3 Å². The van der Waals surface area contributed by atoms with Gasteiger partial charge in [0.1, 0.15) is 10.4 Å². The van der Waals surface area contributed by atoms with E-state index in [1.807, 2.05) is 43.3 Å². The molecule has 1 aromatic carbocycles. The SMILES string of the molecule is CC[C@H](C)[C@@H](NC(=O)CCN1C(=O)/C(=C\C=C\c2ccccc2)SC1=S)C(=O)O. The third-order valence-electron chi connectivity index (χ3n) is 4.57. The average Bonchev–Trinajstić information content (AvgIpc) is 2.97. The van der Waals surface area contributed by atoms with Crippen LogP contribution in [0.4, 0.5) is 0 Å². The van der Waals surface area contributed by atoms with Gasteiger partial charge in [0.15, 0.2) is 0 Å². The molecule has 0 aliphatic carbocycles. The Labute approximate surface area is 180 Å². The summed E-state index contributed by atoms with van der Waals surface area (Å²) in [5.41, 5.74) is 1.02. The van der Waals surface area contributed by atoms with E-state index in [0.717, 1.165) is 5.56 Å². The van der Waals surface area contributed by atoms with E-state index in [-0.39, 0.29) is 24.8 Å². The molecule has 1 aliphatic rings. The number of carboxylic acids is 1. The fraction of sp³-hybridized carbons (Fsp3) is 0.333. The van der Waals surface area contributed by atoms with Crippen LogP contribution in [0.2, 0.25) is 0 Å². The Balaban J connectivity index is 1.93. The van der Waals surface area contributed by atoms with Crippen LogP contribution in [0.5, 0.6) is 0 Å². The van der Waals surface area contributed by atoms with Crippen molar-refractivity contribution in [2.24, 2.45) is 5.92 Å². The van der Waals surface area contributed by atoms with E-state index in [9.17, 15) is 19.5 Å². The van der Waals surface area contributed by atoms with Gasteiger partial charge in [0.05, 0.1) is 4.91 Å². The van der Waals surface area contributed by atoms with E-state index in [0.29, 0.717) is 15.6 Å². The van der Waals surface area contributed by atoms with E-state index >= 15 is 0 Å². The highest BCUT2D eigenvalue weighted by molar-refractivity contribution is 8.26. The van der Waals surface area contributed by atoms with E-state index < -0.39 is 17.9 Å². The number of allylic oxidation sites excluding steroid dienone is 2. The van der Waals surface area contributed by atoms with Crippen LogP contribution in [0.3, 0.4) is 0 Å². The maximum absolute atomic E-state index is 12.5. The number of thiocarbonyl (C=S) groups is 1. The molecule has 1 aliphatic heterocycles. The van der Waals surface area contributed by atoms with Gasteiger partial charge in [0, 0.05) is 13.0 Å². The number of thioether (sulfide) groups is 1. The molecule has 0 bridgehead atoms. The number of amides is 2. The van der Waals surface area contributed by atoms with Crippen molar-refractivity contribution in [1.82, 2.24) is 10.2 Å². The highest BCUT2D eigenvalue weighted by atomic mass is 32.2.